The third-order valence-electron chi connectivity index (χ3n) is 4.94. The first-order chi connectivity index (χ1) is 16.3. The summed E-state index contributed by atoms with van der Waals surface area (Å²) in [7, 11) is -0.911. The summed E-state index contributed by atoms with van der Waals surface area (Å²) in [6.45, 7) is 2.05. The summed E-state index contributed by atoms with van der Waals surface area (Å²) in [4.78, 5) is 13.5. The summed E-state index contributed by atoms with van der Waals surface area (Å²) < 4.78 is 38.5. The monoisotopic (exact) mass is 500 g/mol. The van der Waals surface area contributed by atoms with Gasteiger partial charge in [-0.25, -0.2) is 8.42 Å². The molecule has 0 radical (unpaired) electrons. The molecule has 0 spiro atoms. The molecule has 0 aliphatic heterocycles. The fourth-order valence-electron chi connectivity index (χ4n) is 3.10. The van der Waals surface area contributed by atoms with E-state index in [1.54, 1.807) is 42.1 Å². The minimum absolute atomic E-state index is 0.0601. The summed E-state index contributed by atoms with van der Waals surface area (Å²) >= 11 is 1.72. The van der Waals surface area contributed by atoms with E-state index in [4.69, 9.17) is 9.47 Å². The summed E-state index contributed by atoms with van der Waals surface area (Å²) in [5.74, 6) is 1.59. The van der Waals surface area contributed by atoms with Crippen LogP contribution < -0.4 is 19.5 Å². The number of anilines is 2. The fourth-order valence-corrected chi connectivity index (χ4v) is 5.01. The number of ether oxygens (including phenoxy) is 2. The van der Waals surface area contributed by atoms with Gasteiger partial charge >= 0.3 is 0 Å². The average Bonchev–Trinajstić information content (AvgIpc) is 2.83. The van der Waals surface area contributed by atoms with Crippen molar-refractivity contribution in [3.05, 3.63) is 72.3 Å². The van der Waals surface area contributed by atoms with Crippen LogP contribution in [0.4, 0.5) is 11.4 Å². The number of hydrogen-bond acceptors (Lipinski definition) is 6. The van der Waals surface area contributed by atoms with E-state index in [1.165, 1.54) is 36.8 Å². The highest BCUT2D eigenvalue weighted by molar-refractivity contribution is 7.99. The number of rotatable bonds is 11. The normalized spacial score (nSPS) is 11.0. The molecule has 0 unspecified atom stereocenters. The molecule has 0 aliphatic rings. The molecule has 0 fully saturated rings. The second kappa shape index (κ2) is 11.8. The van der Waals surface area contributed by atoms with Gasteiger partial charge in [0.1, 0.15) is 11.5 Å². The van der Waals surface area contributed by atoms with Crippen LogP contribution >= 0.6 is 11.8 Å². The van der Waals surface area contributed by atoms with E-state index < -0.39 is 10.0 Å². The van der Waals surface area contributed by atoms with Crippen molar-refractivity contribution in [2.45, 2.75) is 29.6 Å². The van der Waals surface area contributed by atoms with Gasteiger partial charge in [0.15, 0.2) is 0 Å². The van der Waals surface area contributed by atoms with Gasteiger partial charge in [0, 0.05) is 23.1 Å². The third kappa shape index (κ3) is 7.16. The number of sulfonamides is 1. The van der Waals surface area contributed by atoms with Crippen molar-refractivity contribution < 1.29 is 22.7 Å². The largest absolute Gasteiger partial charge is 0.497 e. The number of thioether (sulfide) groups is 1. The van der Waals surface area contributed by atoms with E-state index >= 15 is 0 Å². The first-order valence-corrected chi connectivity index (χ1v) is 13.1. The Bertz CT molecular complexity index is 1210. The fraction of sp³-hybridized carbons (Fsp3) is 0.240. The molecule has 7 nitrogen and oxygen atoms in total. The van der Waals surface area contributed by atoms with Gasteiger partial charge in [0.2, 0.25) is 5.91 Å². The van der Waals surface area contributed by atoms with E-state index in [0.29, 0.717) is 23.6 Å². The molecule has 9 heteroatoms. The number of benzene rings is 3. The molecule has 34 heavy (non-hydrogen) atoms. The Balaban J connectivity index is 1.53. The van der Waals surface area contributed by atoms with Gasteiger partial charge in [-0.2, -0.15) is 0 Å². The predicted molar refractivity (Wildman–Crippen MR) is 137 cm³/mol. The molecule has 0 atom stereocenters. The zero-order valence-corrected chi connectivity index (χ0v) is 21.0. The van der Waals surface area contributed by atoms with E-state index in [-0.39, 0.29) is 16.5 Å². The van der Waals surface area contributed by atoms with Gasteiger partial charge < -0.3 is 14.8 Å². The first-order valence-electron chi connectivity index (χ1n) is 10.6. The number of carbonyl (C=O) groups is 1. The Hall–Kier alpha value is -3.17. The maximum atomic E-state index is 12.8. The highest BCUT2D eigenvalue weighted by atomic mass is 32.2. The van der Waals surface area contributed by atoms with E-state index in [9.17, 15) is 13.2 Å². The summed E-state index contributed by atoms with van der Waals surface area (Å²) in [5.41, 5.74) is 2.02. The zero-order chi connectivity index (χ0) is 24.6. The van der Waals surface area contributed by atoms with Gasteiger partial charge in [0.25, 0.3) is 10.0 Å². The quantitative estimate of drug-likeness (QED) is 0.273. The van der Waals surface area contributed by atoms with Crippen LogP contribution in [-0.4, -0.2) is 34.3 Å². The lowest BCUT2D eigenvalue weighted by atomic mass is 10.2. The van der Waals surface area contributed by atoms with Gasteiger partial charge in [-0.05, 0) is 67.6 Å². The van der Waals surface area contributed by atoms with Gasteiger partial charge in [-0.3, -0.25) is 9.52 Å². The van der Waals surface area contributed by atoms with E-state index in [1.807, 2.05) is 0 Å². The maximum absolute atomic E-state index is 12.8. The maximum Gasteiger partial charge on any atom is 0.262 e. The van der Waals surface area contributed by atoms with Crippen LogP contribution in [0, 0.1) is 6.92 Å². The topological polar surface area (TPSA) is 93.7 Å². The smallest absolute Gasteiger partial charge is 0.262 e. The molecule has 0 bridgehead atoms. The highest BCUT2D eigenvalue weighted by Crippen LogP contribution is 2.31. The second-order valence-electron chi connectivity index (χ2n) is 7.51. The van der Waals surface area contributed by atoms with Crippen molar-refractivity contribution >= 4 is 39.1 Å². The number of nitrogens with one attached hydrogen (secondary N) is 2. The number of carbonyl (C=O) groups excluding carboxylic acids is 1. The number of methoxy groups -OCH3 is 2. The predicted octanol–water partition coefficient (Wildman–Crippen LogP) is 5.32. The SMILES string of the molecule is COc1ccc(OC)c(NS(=O)(=O)c2ccc(NC(=O)CCCSc3ccc(C)cc3)cc2)c1. The van der Waals surface area contributed by atoms with E-state index in [0.717, 1.165) is 12.2 Å². The zero-order valence-electron chi connectivity index (χ0n) is 19.3. The second-order valence-corrected chi connectivity index (χ2v) is 10.4. The summed E-state index contributed by atoms with van der Waals surface area (Å²) in [5, 5.41) is 2.81. The van der Waals surface area contributed by atoms with Crippen molar-refractivity contribution in [2.75, 3.05) is 30.0 Å². The summed E-state index contributed by atoms with van der Waals surface area (Å²) in [6.07, 6.45) is 1.12. The molecule has 0 heterocycles. The Morgan fingerprint density at radius 2 is 1.65 bits per heavy atom. The van der Waals surface area contributed by atoms with Gasteiger partial charge in [-0.15, -0.1) is 11.8 Å². The molecule has 180 valence electrons. The minimum Gasteiger partial charge on any atom is -0.497 e. The van der Waals surface area contributed by atoms with Crippen LogP contribution in [0.2, 0.25) is 0 Å². The Labute approximate surface area is 204 Å². The van der Waals surface area contributed by atoms with E-state index in [2.05, 4.69) is 41.2 Å². The molecule has 0 saturated carbocycles. The Morgan fingerprint density at radius 3 is 2.29 bits per heavy atom. The lowest BCUT2D eigenvalue weighted by Crippen LogP contribution is -2.14. The lowest BCUT2D eigenvalue weighted by molar-refractivity contribution is -0.116. The van der Waals surface area contributed by atoms with Crippen LogP contribution in [0.15, 0.2) is 76.5 Å². The van der Waals surface area contributed by atoms with Crippen LogP contribution in [0.25, 0.3) is 0 Å². The van der Waals surface area contributed by atoms with Crippen molar-refractivity contribution in [3.8, 4) is 11.5 Å². The van der Waals surface area contributed by atoms with Crippen molar-refractivity contribution in [1.82, 2.24) is 0 Å². The molecule has 3 rings (SSSR count). The molecule has 2 N–H and O–H groups in total. The first kappa shape index (κ1) is 25.5. The Morgan fingerprint density at radius 1 is 0.941 bits per heavy atom. The van der Waals surface area contributed by atoms with Crippen LogP contribution in [-0.2, 0) is 14.8 Å². The van der Waals surface area contributed by atoms with Crippen molar-refractivity contribution in [2.24, 2.45) is 0 Å². The van der Waals surface area contributed by atoms with Gasteiger partial charge in [-0.1, -0.05) is 17.7 Å². The van der Waals surface area contributed by atoms with Gasteiger partial charge in [0.05, 0.1) is 24.8 Å². The van der Waals surface area contributed by atoms with Crippen LogP contribution in [0.3, 0.4) is 0 Å². The van der Waals surface area contributed by atoms with Crippen molar-refractivity contribution in [1.29, 1.82) is 0 Å². The van der Waals surface area contributed by atoms with Crippen LogP contribution in [0.1, 0.15) is 18.4 Å². The third-order valence-corrected chi connectivity index (χ3v) is 7.42. The van der Waals surface area contributed by atoms with Crippen LogP contribution in [0.5, 0.6) is 11.5 Å². The molecule has 0 aliphatic carbocycles. The molecule has 0 saturated heterocycles. The summed E-state index contributed by atoms with van der Waals surface area (Å²) in [6, 6.07) is 19.2. The number of amides is 1. The Kier molecular flexibility index (Phi) is 8.84. The molecular weight excluding hydrogens is 472 g/mol. The van der Waals surface area contributed by atoms with Crippen molar-refractivity contribution in [3.63, 3.8) is 0 Å². The number of aryl methyl sites for hydroxylation is 1. The lowest BCUT2D eigenvalue weighted by Gasteiger charge is -2.13. The molecule has 3 aromatic carbocycles. The highest BCUT2D eigenvalue weighted by Gasteiger charge is 2.17. The molecule has 3 aromatic rings. The average molecular weight is 501 g/mol. The molecule has 1 amide bonds. The standard InChI is InChI=1S/C25H28N2O5S2/c1-18-6-11-21(12-7-18)33-16-4-5-25(28)26-19-8-13-22(14-9-19)34(29,30)27-23-17-20(31-2)10-15-24(23)32-3/h6-15,17,27H,4-5,16H2,1-3H3,(H,26,28). The minimum atomic E-state index is -3.86. The molecule has 0 aromatic heterocycles. The number of hydrogen-bond donors (Lipinski definition) is 2. The molecular formula is C25H28N2O5S2.